The van der Waals surface area contributed by atoms with Gasteiger partial charge in [-0.1, -0.05) is 25.6 Å². The van der Waals surface area contributed by atoms with Gasteiger partial charge >= 0.3 is 0 Å². The summed E-state index contributed by atoms with van der Waals surface area (Å²) in [5, 5.41) is 11.9. The van der Waals surface area contributed by atoms with Crippen LogP contribution in [0.3, 0.4) is 0 Å². The maximum absolute atomic E-state index is 13.4. The minimum Gasteiger partial charge on any atom is -0.353 e. The fraction of sp³-hybridized carbons (Fsp3) is 0.286. The lowest BCUT2D eigenvalue weighted by Gasteiger charge is -2.17. The van der Waals surface area contributed by atoms with E-state index in [4.69, 9.17) is 0 Å². The van der Waals surface area contributed by atoms with Crippen molar-refractivity contribution in [3.63, 3.8) is 0 Å². The third-order valence-corrected chi connectivity index (χ3v) is 5.47. The van der Waals surface area contributed by atoms with Crippen LogP contribution >= 0.6 is 11.8 Å². The first-order chi connectivity index (χ1) is 13.8. The van der Waals surface area contributed by atoms with Crippen LogP contribution < -0.4 is 5.32 Å². The molecule has 1 N–H and O–H groups in total. The molecule has 0 bridgehead atoms. The number of halogens is 2. The van der Waals surface area contributed by atoms with Gasteiger partial charge in [0.1, 0.15) is 11.6 Å². The van der Waals surface area contributed by atoms with E-state index < -0.39 is 0 Å². The maximum Gasteiger partial charge on any atom is 0.230 e. The number of carbonyl (C=O) groups is 1. The summed E-state index contributed by atoms with van der Waals surface area (Å²) in [4.78, 5) is 12.3. The van der Waals surface area contributed by atoms with E-state index >= 15 is 0 Å². The van der Waals surface area contributed by atoms with Gasteiger partial charge in [0.25, 0.3) is 0 Å². The molecule has 0 aliphatic heterocycles. The van der Waals surface area contributed by atoms with Gasteiger partial charge in [-0.05, 0) is 61.4 Å². The molecule has 3 rings (SSSR count). The van der Waals surface area contributed by atoms with Gasteiger partial charge in [0.2, 0.25) is 5.91 Å². The van der Waals surface area contributed by atoms with E-state index in [0.717, 1.165) is 0 Å². The molecule has 0 spiro atoms. The van der Waals surface area contributed by atoms with Crippen LogP contribution in [0.5, 0.6) is 0 Å². The fourth-order valence-electron chi connectivity index (χ4n) is 2.56. The van der Waals surface area contributed by atoms with Gasteiger partial charge in [0.15, 0.2) is 11.0 Å². The predicted molar refractivity (Wildman–Crippen MR) is 110 cm³/mol. The molecule has 5 nitrogen and oxygen atoms in total. The summed E-state index contributed by atoms with van der Waals surface area (Å²) in [6, 6.07) is 11.8. The summed E-state index contributed by atoms with van der Waals surface area (Å²) < 4.78 is 28.4. The smallest absolute Gasteiger partial charge is 0.230 e. The molecular weight excluding hydrogens is 394 g/mol. The second kappa shape index (κ2) is 9.17. The van der Waals surface area contributed by atoms with Gasteiger partial charge in [-0.3, -0.25) is 9.36 Å². The Morgan fingerprint density at radius 1 is 1.00 bits per heavy atom. The Hall–Kier alpha value is -2.74. The van der Waals surface area contributed by atoms with Gasteiger partial charge in [-0.25, -0.2) is 8.78 Å². The van der Waals surface area contributed by atoms with Gasteiger partial charge < -0.3 is 5.32 Å². The normalized spacial score (nSPS) is 12.2. The molecule has 1 atom stereocenters. The number of hydrogen-bond donors (Lipinski definition) is 1. The number of amides is 1. The highest BCUT2D eigenvalue weighted by Gasteiger charge is 2.18. The van der Waals surface area contributed by atoms with Crippen LogP contribution in [0.15, 0.2) is 53.7 Å². The third kappa shape index (κ3) is 5.20. The summed E-state index contributed by atoms with van der Waals surface area (Å²) in [7, 11) is 0. The molecule has 0 saturated carbocycles. The topological polar surface area (TPSA) is 59.8 Å². The maximum atomic E-state index is 13.4. The summed E-state index contributed by atoms with van der Waals surface area (Å²) in [5.74, 6) is 0.161. The van der Waals surface area contributed by atoms with Gasteiger partial charge in [-0.15, -0.1) is 10.2 Å². The Kier molecular flexibility index (Phi) is 6.64. The Balaban J connectivity index is 1.90. The molecule has 29 heavy (non-hydrogen) atoms. The first-order valence-electron chi connectivity index (χ1n) is 9.24. The Morgan fingerprint density at radius 2 is 1.59 bits per heavy atom. The van der Waals surface area contributed by atoms with Crippen LogP contribution in [-0.4, -0.2) is 32.5 Å². The molecule has 0 aliphatic carbocycles. The molecule has 8 heteroatoms. The molecule has 0 fully saturated rings. The van der Waals surface area contributed by atoms with E-state index in [1.54, 1.807) is 28.8 Å². The highest BCUT2D eigenvalue weighted by molar-refractivity contribution is 7.99. The summed E-state index contributed by atoms with van der Waals surface area (Å²) in [6.07, 6.45) is 0. The third-order valence-electron chi connectivity index (χ3n) is 4.54. The predicted octanol–water partition coefficient (Wildman–Crippen LogP) is 4.47. The molecule has 1 aromatic heterocycles. The van der Waals surface area contributed by atoms with E-state index in [0.29, 0.717) is 28.1 Å². The van der Waals surface area contributed by atoms with Crippen molar-refractivity contribution in [3.05, 3.63) is 60.2 Å². The van der Waals surface area contributed by atoms with Crippen LogP contribution in [0, 0.1) is 17.6 Å². The monoisotopic (exact) mass is 416 g/mol. The average molecular weight is 416 g/mol. The molecule has 3 aromatic rings. The molecule has 1 amide bonds. The van der Waals surface area contributed by atoms with Crippen molar-refractivity contribution < 1.29 is 13.6 Å². The van der Waals surface area contributed by atoms with E-state index in [1.807, 2.05) is 20.8 Å². The lowest BCUT2D eigenvalue weighted by molar-refractivity contribution is -0.119. The van der Waals surface area contributed by atoms with Crippen molar-refractivity contribution >= 4 is 17.7 Å². The van der Waals surface area contributed by atoms with Crippen molar-refractivity contribution in [2.24, 2.45) is 5.92 Å². The number of nitrogens with one attached hydrogen (secondary N) is 1. The van der Waals surface area contributed by atoms with Crippen LogP contribution in [0.4, 0.5) is 8.78 Å². The van der Waals surface area contributed by atoms with Crippen molar-refractivity contribution in [2.45, 2.75) is 32.0 Å². The van der Waals surface area contributed by atoms with Gasteiger partial charge in [0.05, 0.1) is 5.75 Å². The molecule has 0 radical (unpaired) electrons. The van der Waals surface area contributed by atoms with E-state index in [9.17, 15) is 13.6 Å². The summed E-state index contributed by atoms with van der Waals surface area (Å²) in [6.45, 7) is 6.04. The average Bonchev–Trinajstić information content (AvgIpc) is 3.11. The SMILES string of the molecule is CC(C)[C@H](C)NC(=O)CSc1nnc(-c2ccc(F)cc2)n1-c1ccc(F)cc1. The zero-order chi connectivity index (χ0) is 21.0. The molecule has 152 valence electrons. The molecule has 0 aliphatic rings. The van der Waals surface area contributed by atoms with Crippen molar-refractivity contribution in [1.82, 2.24) is 20.1 Å². The number of carbonyl (C=O) groups excluding carboxylic acids is 1. The second-order valence-electron chi connectivity index (χ2n) is 7.01. The van der Waals surface area contributed by atoms with Crippen LogP contribution in [-0.2, 0) is 4.79 Å². The number of rotatable bonds is 7. The standard InChI is InChI=1S/C21H22F2N4OS/c1-13(2)14(3)24-19(28)12-29-21-26-25-20(15-4-6-16(22)7-5-15)27(21)18-10-8-17(23)9-11-18/h4-11,13-14H,12H2,1-3H3,(H,24,28)/t14-/m0/s1. The van der Waals surface area contributed by atoms with Crippen molar-refractivity contribution in [1.29, 1.82) is 0 Å². The summed E-state index contributed by atoms with van der Waals surface area (Å²) in [5.41, 5.74) is 1.31. The Bertz CT molecular complexity index is 971. The highest BCUT2D eigenvalue weighted by atomic mass is 32.2. The Labute approximate surface area is 172 Å². The number of aromatic nitrogens is 3. The van der Waals surface area contributed by atoms with Crippen LogP contribution in [0.25, 0.3) is 17.1 Å². The highest BCUT2D eigenvalue weighted by Crippen LogP contribution is 2.28. The zero-order valence-corrected chi connectivity index (χ0v) is 17.2. The fourth-order valence-corrected chi connectivity index (χ4v) is 3.33. The minimum atomic E-state index is -0.360. The van der Waals surface area contributed by atoms with Crippen LogP contribution in [0.1, 0.15) is 20.8 Å². The van der Waals surface area contributed by atoms with E-state index in [2.05, 4.69) is 15.5 Å². The van der Waals surface area contributed by atoms with Crippen molar-refractivity contribution in [2.75, 3.05) is 5.75 Å². The lowest BCUT2D eigenvalue weighted by Crippen LogP contribution is -2.37. The van der Waals surface area contributed by atoms with Gasteiger partial charge in [0, 0.05) is 17.3 Å². The largest absolute Gasteiger partial charge is 0.353 e. The zero-order valence-electron chi connectivity index (χ0n) is 16.4. The first kappa shape index (κ1) is 21.0. The molecule has 1 heterocycles. The number of benzene rings is 2. The van der Waals surface area contributed by atoms with Crippen molar-refractivity contribution in [3.8, 4) is 17.1 Å². The second-order valence-corrected chi connectivity index (χ2v) is 7.96. The van der Waals surface area contributed by atoms with Crippen LogP contribution in [0.2, 0.25) is 0 Å². The van der Waals surface area contributed by atoms with Gasteiger partial charge in [-0.2, -0.15) is 0 Å². The molecule has 0 unspecified atom stereocenters. The van der Waals surface area contributed by atoms with E-state index in [-0.39, 0.29) is 29.3 Å². The first-order valence-corrected chi connectivity index (χ1v) is 10.2. The quantitative estimate of drug-likeness (QED) is 0.578. The molecule has 0 saturated heterocycles. The Morgan fingerprint density at radius 3 is 2.17 bits per heavy atom. The number of nitrogens with zero attached hydrogens (tertiary/aromatic N) is 3. The lowest BCUT2D eigenvalue weighted by atomic mass is 10.1. The number of thioether (sulfide) groups is 1. The molecular formula is C21H22F2N4OS. The minimum absolute atomic E-state index is 0.0628. The number of hydrogen-bond acceptors (Lipinski definition) is 4. The van der Waals surface area contributed by atoms with E-state index in [1.165, 1.54) is 36.0 Å². The molecule has 2 aromatic carbocycles. The summed E-state index contributed by atoms with van der Waals surface area (Å²) >= 11 is 1.24.